The summed E-state index contributed by atoms with van der Waals surface area (Å²) in [6, 6.07) is 3.93. The van der Waals surface area contributed by atoms with Gasteiger partial charge in [-0.25, -0.2) is 0 Å². The molecule has 0 heterocycles. The normalized spacial score (nSPS) is 11.9. The van der Waals surface area contributed by atoms with Crippen molar-refractivity contribution in [2.75, 3.05) is 18.9 Å². The first-order valence-corrected chi connectivity index (χ1v) is 5.88. The second-order valence-corrected chi connectivity index (χ2v) is 4.36. The standard InChI is InChI=1S/C12H17N3O4/c1-8(4-5-16)7-14-12(17)9-2-3-10(13)11(6-9)15(18)19/h2-3,6,8,16H,4-5,7,13H2,1H3,(H,14,17). The van der Waals surface area contributed by atoms with E-state index in [1.807, 2.05) is 6.92 Å². The van der Waals surface area contributed by atoms with Gasteiger partial charge in [-0.2, -0.15) is 0 Å². The number of rotatable bonds is 6. The van der Waals surface area contributed by atoms with Crippen molar-refractivity contribution in [2.24, 2.45) is 5.92 Å². The Morgan fingerprint density at radius 2 is 2.26 bits per heavy atom. The van der Waals surface area contributed by atoms with Crippen LogP contribution in [0.1, 0.15) is 23.7 Å². The number of nitro groups is 1. The predicted molar refractivity (Wildman–Crippen MR) is 70.7 cm³/mol. The highest BCUT2D eigenvalue weighted by Gasteiger charge is 2.15. The van der Waals surface area contributed by atoms with Crippen molar-refractivity contribution in [3.05, 3.63) is 33.9 Å². The quantitative estimate of drug-likeness (QED) is 0.402. The van der Waals surface area contributed by atoms with Crippen LogP contribution in [-0.2, 0) is 0 Å². The molecule has 0 aromatic heterocycles. The minimum Gasteiger partial charge on any atom is -0.396 e. The van der Waals surface area contributed by atoms with Gasteiger partial charge in [0.25, 0.3) is 11.6 Å². The van der Waals surface area contributed by atoms with Crippen LogP contribution in [0.2, 0.25) is 0 Å². The van der Waals surface area contributed by atoms with Crippen molar-refractivity contribution in [2.45, 2.75) is 13.3 Å². The number of anilines is 1. The molecule has 4 N–H and O–H groups in total. The van der Waals surface area contributed by atoms with Gasteiger partial charge in [0.2, 0.25) is 0 Å². The van der Waals surface area contributed by atoms with Crippen LogP contribution in [0, 0.1) is 16.0 Å². The molecule has 0 saturated carbocycles. The van der Waals surface area contributed by atoms with Gasteiger partial charge in [-0.1, -0.05) is 6.92 Å². The van der Waals surface area contributed by atoms with Crippen molar-refractivity contribution >= 4 is 17.3 Å². The van der Waals surface area contributed by atoms with Crippen LogP contribution in [0.25, 0.3) is 0 Å². The van der Waals surface area contributed by atoms with E-state index >= 15 is 0 Å². The predicted octanol–water partition coefficient (Wildman–Crippen LogP) is 0.925. The zero-order valence-electron chi connectivity index (χ0n) is 10.6. The van der Waals surface area contributed by atoms with Crippen LogP contribution in [0.15, 0.2) is 18.2 Å². The molecule has 7 heteroatoms. The molecule has 104 valence electrons. The summed E-state index contributed by atoms with van der Waals surface area (Å²) in [4.78, 5) is 21.9. The van der Waals surface area contributed by atoms with Crippen LogP contribution in [0.5, 0.6) is 0 Å². The topological polar surface area (TPSA) is 118 Å². The van der Waals surface area contributed by atoms with E-state index in [2.05, 4.69) is 5.32 Å². The number of hydrogen-bond donors (Lipinski definition) is 3. The number of hydrogen-bond acceptors (Lipinski definition) is 5. The SMILES string of the molecule is CC(CCO)CNC(=O)c1ccc(N)c([N+](=O)[O-])c1. The Morgan fingerprint density at radius 1 is 1.58 bits per heavy atom. The van der Waals surface area contributed by atoms with Crippen LogP contribution < -0.4 is 11.1 Å². The summed E-state index contributed by atoms with van der Waals surface area (Å²) >= 11 is 0. The maximum absolute atomic E-state index is 11.8. The van der Waals surface area contributed by atoms with Crippen LogP contribution in [0.4, 0.5) is 11.4 Å². The summed E-state index contributed by atoms with van der Waals surface area (Å²) < 4.78 is 0. The van der Waals surface area contributed by atoms with Crippen molar-refractivity contribution in [1.82, 2.24) is 5.32 Å². The van der Waals surface area contributed by atoms with E-state index in [0.29, 0.717) is 13.0 Å². The first-order valence-electron chi connectivity index (χ1n) is 5.88. The van der Waals surface area contributed by atoms with E-state index < -0.39 is 10.8 Å². The first-order chi connectivity index (χ1) is 8.95. The van der Waals surface area contributed by atoms with Gasteiger partial charge in [-0.15, -0.1) is 0 Å². The molecule has 1 rings (SSSR count). The summed E-state index contributed by atoms with van der Waals surface area (Å²) in [6.45, 7) is 2.35. The molecule has 0 saturated heterocycles. The summed E-state index contributed by atoms with van der Waals surface area (Å²) in [5.74, 6) is -0.259. The molecule has 0 spiro atoms. The third-order valence-corrected chi connectivity index (χ3v) is 2.72. The molecule has 0 fully saturated rings. The van der Waals surface area contributed by atoms with E-state index in [1.165, 1.54) is 12.1 Å². The maximum Gasteiger partial charge on any atom is 0.292 e. The second-order valence-electron chi connectivity index (χ2n) is 4.36. The highest BCUT2D eigenvalue weighted by molar-refractivity contribution is 5.95. The van der Waals surface area contributed by atoms with Gasteiger partial charge >= 0.3 is 0 Å². The molecule has 0 aliphatic rings. The Hall–Kier alpha value is -2.15. The first kappa shape index (κ1) is 14.9. The summed E-state index contributed by atoms with van der Waals surface area (Å²) in [5.41, 5.74) is 5.38. The lowest BCUT2D eigenvalue weighted by molar-refractivity contribution is -0.383. The molecular formula is C12H17N3O4. The van der Waals surface area contributed by atoms with Gasteiger partial charge in [-0.05, 0) is 24.5 Å². The minimum atomic E-state index is -0.625. The highest BCUT2D eigenvalue weighted by Crippen LogP contribution is 2.22. The Bertz CT molecular complexity index is 476. The fraction of sp³-hybridized carbons (Fsp3) is 0.417. The van der Waals surface area contributed by atoms with Crippen LogP contribution in [-0.4, -0.2) is 29.1 Å². The largest absolute Gasteiger partial charge is 0.396 e. The third kappa shape index (κ3) is 4.22. The van der Waals surface area contributed by atoms with Gasteiger partial charge in [0.1, 0.15) is 5.69 Å². The average Bonchev–Trinajstić information content (AvgIpc) is 2.36. The van der Waals surface area contributed by atoms with E-state index in [4.69, 9.17) is 10.8 Å². The minimum absolute atomic E-state index is 0.0233. The molecule has 0 radical (unpaired) electrons. The Kier molecular flexibility index (Phi) is 5.25. The van der Waals surface area contributed by atoms with Gasteiger partial charge in [0.15, 0.2) is 0 Å². The number of aliphatic hydroxyl groups is 1. The monoisotopic (exact) mass is 267 g/mol. The van der Waals surface area contributed by atoms with Crippen molar-refractivity contribution in [1.29, 1.82) is 0 Å². The van der Waals surface area contributed by atoms with E-state index in [-0.39, 0.29) is 29.5 Å². The number of carbonyl (C=O) groups excluding carboxylic acids is 1. The number of nitrogen functional groups attached to an aromatic ring is 1. The summed E-state index contributed by atoms with van der Waals surface area (Å²) in [7, 11) is 0. The summed E-state index contributed by atoms with van der Waals surface area (Å²) in [6.07, 6.45) is 0.585. The summed E-state index contributed by atoms with van der Waals surface area (Å²) in [5, 5.41) is 22.1. The number of nitrogens with two attached hydrogens (primary N) is 1. The lowest BCUT2D eigenvalue weighted by atomic mass is 10.1. The molecule has 1 unspecified atom stereocenters. The van der Waals surface area contributed by atoms with Crippen molar-refractivity contribution in [3.8, 4) is 0 Å². The van der Waals surface area contributed by atoms with Crippen molar-refractivity contribution < 1.29 is 14.8 Å². The second kappa shape index (κ2) is 6.69. The number of amides is 1. The van der Waals surface area contributed by atoms with E-state index in [0.717, 1.165) is 6.07 Å². The Balaban J connectivity index is 2.72. The average molecular weight is 267 g/mol. The third-order valence-electron chi connectivity index (χ3n) is 2.72. The number of nitro benzene ring substituents is 1. The Morgan fingerprint density at radius 3 is 2.84 bits per heavy atom. The number of aliphatic hydroxyl groups excluding tert-OH is 1. The van der Waals surface area contributed by atoms with Crippen LogP contribution >= 0.6 is 0 Å². The molecule has 7 nitrogen and oxygen atoms in total. The molecule has 0 aliphatic carbocycles. The molecule has 0 bridgehead atoms. The Labute approximate surface area is 110 Å². The number of nitrogens with one attached hydrogen (secondary N) is 1. The zero-order chi connectivity index (χ0) is 14.4. The number of nitrogens with zero attached hydrogens (tertiary/aromatic N) is 1. The fourth-order valence-corrected chi connectivity index (χ4v) is 1.53. The molecule has 1 aromatic carbocycles. The highest BCUT2D eigenvalue weighted by atomic mass is 16.6. The van der Waals surface area contributed by atoms with Crippen LogP contribution in [0.3, 0.4) is 0 Å². The molecule has 0 aliphatic heterocycles. The van der Waals surface area contributed by atoms with Crippen molar-refractivity contribution in [3.63, 3.8) is 0 Å². The van der Waals surface area contributed by atoms with E-state index in [1.54, 1.807) is 0 Å². The molecule has 1 aromatic rings. The lowest BCUT2D eigenvalue weighted by Crippen LogP contribution is -2.28. The molecule has 19 heavy (non-hydrogen) atoms. The van der Waals surface area contributed by atoms with Gasteiger partial charge < -0.3 is 16.2 Å². The fourth-order valence-electron chi connectivity index (χ4n) is 1.53. The van der Waals surface area contributed by atoms with Gasteiger partial charge in [0, 0.05) is 24.8 Å². The number of carbonyl (C=O) groups is 1. The maximum atomic E-state index is 11.8. The molecular weight excluding hydrogens is 250 g/mol. The van der Waals surface area contributed by atoms with Gasteiger partial charge in [0.05, 0.1) is 4.92 Å². The smallest absolute Gasteiger partial charge is 0.292 e. The molecule has 1 amide bonds. The molecule has 1 atom stereocenters. The zero-order valence-corrected chi connectivity index (χ0v) is 10.6. The number of benzene rings is 1. The van der Waals surface area contributed by atoms with Gasteiger partial charge in [-0.3, -0.25) is 14.9 Å². The van der Waals surface area contributed by atoms with E-state index in [9.17, 15) is 14.9 Å². The lowest BCUT2D eigenvalue weighted by Gasteiger charge is -2.11.